The van der Waals surface area contributed by atoms with Crippen molar-refractivity contribution in [2.45, 2.75) is 32.2 Å². The van der Waals surface area contributed by atoms with Gasteiger partial charge in [0, 0.05) is 6.54 Å². The fourth-order valence-electron chi connectivity index (χ4n) is 2.45. The molecule has 1 amide bonds. The minimum Gasteiger partial charge on any atom is -0.496 e. The second-order valence-corrected chi connectivity index (χ2v) is 5.01. The Labute approximate surface area is 114 Å². The van der Waals surface area contributed by atoms with Crippen LogP contribution in [-0.2, 0) is 11.2 Å². The van der Waals surface area contributed by atoms with Gasteiger partial charge in [-0.15, -0.1) is 0 Å². The molecule has 2 N–H and O–H groups in total. The van der Waals surface area contributed by atoms with Crippen molar-refractivity contribution in [3.05, 3.63) is 29.3 Å². The van der Waals surface area contributed by atoms with Gasteiger partial charge >= 0.3 is 0 Å². The van der Waals surface area contributed by atoms with E-state index in [-0.39, 0.29) is 11.9 Å². The smallest absolute Gasteiger partial charge is 0.237 e. The molecule has 1 heterocycles. The van der Waals surface area contributed by atoms with Crippen molar-refractivity contribution >= 4 is 5.91 Å². The summed E-state index contributed by atoms with van der Waals surface area (Å²) >= 11 is 0. The van der Waals surface area contributed by atoms with Gasteiger partial charge in [-0.25, -0.2) is 0 Å². The van der Waals surface area contributed by atoms with Crippen LogP contribution in [0.4, 0.5) is 0 Å². The molecule has 0 saturated carbocycles. The summed E-state index contributed by atoms with van der Waals surface area (Å²) in [6.07, 6.45) is 2.83. The standard InChI is InChI=1S/C15H22N2O2/c1-11-5-6-14(19-2)12(10-11)7-9-17-15(18)13-4-3-8-16-13/h5-6,10,13,16H,3-4,7-9H2,1-2H3,(H,17,18). The summed E-state index contributed by atoms with van der Waals surface area (Å²) in [5.41, 5.74) is 2.35. The summed E-state index contributed by atoms with van der Waals surface area (Å²) in [6.45, 7) is 3.66. The van der Waals surface area contributed by atoms with Gasteiger partial charge in [0.2, 0.25) is 5.91 Å². The predicted octanol–water partition coefficient (Wildman–Crippen LogP) is 1.41. The molecule has 1 unspecified atom stereocenters. The molecule has 1 aromatic rings. The zero-order valence-corrected chi connectivity index (χ0v) is 11.7. The Balaban J connectivity index is 1.84. The van der Waals surface area contributed by atoms with Crippen LogP contribution in [0.3, 0.4) is 0 Å². The molecule has 1 aliphatic heterocycles. The molecule has 1 fully saturated rings. The summed E-state index contributed by atoms with van der Waals surface area (Å²) < 4.78 is 5.33. The largest absolute Gasteiger partial charge is 0.496 e. The predicted molar refractivity (Wildman–Crippen MR) is 75.5 cm³/mol. The normalized spacial score (nSPS) is 18.3. The van der Waals surface area contributed by atoms with Gasteiger partial charge in [0.25, 0.3) is 0 Å². The second-order valence-electron chi connectivity index (χ2n) is 5.01. The number of amides is 1. The second kappa shape index (κ2) is 6.57. The Morgan fingerprint density at radius 3 is 3.05 bits per heavy atom. The lowest BCUT2D eigenvalue weighted by Gasteiger charge is -2.13. The molecule has 0 aliphatic carbocycles. The molecular formula is C15H22N2O2. The number of hydrogen-bond acceptors (Lipinski definition) is 3. The van der Waals surface area contributed by atoms with Crippen LogP contribution in [0.1, 0.15) is 24.0 Å². The van der Waals surface area contributed by atoms with Gasteiger partial charge in [0.05, 0.1) is 13.2 Å². The summed E-state index contributed by atoms with van der Waals surface area (Å²) in [4.78, 5) is 11.9. The average Bonchev–Trinajstić information content (AvgIpc) is 2.93. The molecule has 1 atom stereocenters. The lowest BCUT2D eigenvalue weighted by atomic mass is 10.1. The molecule has 2 rings (SSSR count). The van der Waals surface area contributed by atoms with E-state index in [1.54, 1.807) is 7.11 Å². The Morgan fingerprint density at radius 1 is 1.53 bits per heavy atom. The fraction of sp³-hybridized carbons (Fsp3) is 0.533. The third kappa shape index (κ3) is 3.70. The number of nitrogens with one attached hydrogen (secondary N) is 2. The highest BCUT2D eigenvalue weighted by molar-refractivity contribution is 5.81. The Morgan fingerprint density at radius 2 is 2.37 bits per heavy atom. The zero-order valence-electron chi connectivity index (χ0n) is 11.7. The maximum Gasteiger partial charge on any atom is 0.237 e. The first-order chi connectivity index (χ1) is 9.20. The highest BCUT2D eigenvalue weighted by Gasteiger charge is 2.21. The molecule has 0 spiro atoms. The van der Waals surface area contributed by atoms with Crippen LogP contribution in [0, 0.1) is 6.92 Å². The van der Waals surface area contributed by atoms with Crippen molar-refractivity contribution in [2.24, 2.45) is 0 Å². The van der Waals surface area contributed by atoms with Crippen molar-refractivity contribution in [3.63, 3.8) is 0 Å². The van der Waals surface area contributed by atoms with Crippen LogP contribution in [0.15, 0.2) is 18.2 Å². The van der Waals surface area contributed by atoms with Crippen molar-refractivity contribution < 1.29 is 9.53 Å². The highest BCUT2D eigenvalue weighted by Crippen LogP contribution is 2.19. The van der Waals surface area contributed by atoms with Gasteiger partial charge in [-0.05, 0) is 44.4 Å². The Hall–Kier alpha value is -1.55. The number of methoxy groups -OCH3 is 1. The van der Waals surface area contributed by atoms with Crippen LogP contribution >= 0.6 is 0 Å². The number of rotatable bonds is 5. The lowest BCUT2D eigenvalue weighted by Crippen LogP contribution is -2.41. The zero-order chi connectivity index (χ0) is 13.7. The van der Waals surface area contributed by atoms with Crippen LogP contribution in [0.5, 0.6) is 5.75 Å². The van der Waals surface area contributed by atoms with Gasteiger partial charge in [-0.2, -0.15) is 0 Å². The first-order valence-corrected chi connectivity index (χ1v) is 6.85. The summed E-state index contributed by atoms with van der Waals surface area (Å²) in [5, 5.41) is 6.19. The van der Waals surface area contributed by atoms with Crippen LogP contribution in [0.25, 0.3) is 0 Å². The van der Waals surface area contributed by atoms with Crippen molar-refractivity contribution in [2.75, 3.05) is 20.2 Å². The van der Waals surface area contributed by atoms with Gasteiger partial charge in [-0.1, -0.05) is 17.7 Å². The van der Waals surface area contributed by atoms with Gasteiger partial charge < -0.3 is 15.4 Å². The Kier molecular flexibility index (Phi) is 4.80. The molecule has 0 bridgehead atoms. The van der Waals surface area contributed by atoms with Crippen molar-refractivity contribution in [1.29, 1.82) is 0 Å². The van der Waals surface area contributed by atoms with E-state index in [2.05, 4.69) is 23.6 Å². The van der Waals surface area contributed by atoms with E-state index in [9.17, 15) is 4.79 Å². The van der Waals surface area contributed by atoms with Crippen LogP contribution < -0.4 is 15.4 Å². The quantitative estimate of drug-likeness (QED) is 0.843. The minimum absolute atomic E-state index is 0.000551. The molecule has 19 heavy (non-hydrogen) atoms. The van der Waals surface area contributed by atoms with E-state index in [1.165, 1.54) is 5.56 Å². The van der Waals surface area contributed by atoms with Gasteiger partial charge in [0.15, 0.2) is 0 Å². The topological polar surface area (TPSA) is 50.4 Å². The highest BCUT2D eigenvalue weighted by atomic mass is 16.5. The molecule has 1 aromatic carbocycles. The van der Waals surface area contributed by atoms with E-state index in [4.69, 9.17) is 4.74 Å². The van der Waals surface area contributed by atoms with Crippen molar-refractivity contribution in [3.8, 4) is 5.75 Å². The number of carbonyl (C=O) groups is 1. The summed E-state index contributed by atoms with van der Waals surface area (Å²) in [6, 6.07) is 6.12. The van der Waals surface area contributed by atoms with E-state index in [0.29, 0.717) is 6.54 Å². The third-order valence-electron chi connectivity index (χ3n) is 3.51. The van der Waals surface area contributed by atoms with E-state index < -0.39 is 0 Å². The monoisotopic (exact) mass is 262 g/mol. The van der Waals surface area contributed by atoms with E-state index in [0.717, 1.165) is 37.1 Å². The van der Waals surface area contributed by atoms with Crippen LogP contribution in [0.2, 0.25) is 0 Å². The first-order valence-electron chi connectivity index (χ1n) is 6.85. The number of benzene rings is 1. The molecule has 0 radical (unpaired) electrons. The van der Waals surface area contributed by atoms with E-state index in [1.807, 2.05) is 12.1 Å². The molecule has 4 heteroatoms. The fourth-order valence-corrected chi connectivity index (χ4v) is 2.45. The van der Waals surface area contributed by atoms with Crippen LogP contribution in [-0.4, -0.2) is 32.1 Å². The molecule has 0 aromatic heterocycles. The third-order valence-corrected chi connectivity index (χ3v) is 3.51. The number of hydrogen-bond donors (Lipinski definition) is 2. The molecule has 4 nitrogen and oxygen atoms in total. The molecule has 1 saturated heterocycles. The maximum absolute atomic E-state index is 11.9. The average molecular weight is 262 g/mol. The number of carbonyl (C=O) groups excluding carboxylic acids is 1. The van der Waals surface area contributed by atoms with E-state index >= 15 is 0 Å². The van der Waals surface area contributed by atoms with Gasteiger partial charge in [-0.3, -0.25) is 4.79 Å². The minimum atomic E-state index is -0.000551. The van der Waals surface area contributed by atoms with Gasteiger partial charge in [0.1, 0.15) is 5.75 Å². The Bertz CT molecular complexity index is 440. The summed E-state index contributed by atoms with van der Waals surface area (Å²) in [5.74, 6) is 1.00. The summed E-state index contributed by atoms with van der Waals surface area (Å²) in [7, 11) is 1.68. The van der Waals surface area contributed by atoms with Crippen molar-refractivity contribution in [1.82, 2.24) is 10.6 Å². The first kappa shape index (κ1) is 13.9. The molecule has 104 valence electrons. The number of aryl methyl sites for hydroxylation is 1. The maximum atomic E-state index is 11.9. The molecule has 1 aliphatic rings. The lowest BCUT2D eigenvalue weighted by molar-refractivity contribution is -0.122. The molecular weight excluding hydrogens is 240 g/mol. The SMILES string of the molecule is COc1ccc(C)cc1CCNC(=O)C1CCCN1. The number of ether oxygens (including phenoxy) is 1.